The molecule has 132 valence electrons. The monoisotopic (exact) mass is 333 g/mol. The number of carbonyl (C=O) groups is 2. The van der Waals surface area contributed by atoms with Crippen LogP contribution < -0.4 is 10.1 Å². The van der Waals surface area contributed by atoms with Gasteiger partial charge in [-0.1, -0.05) is 17.7 Å². The lowest BCUT2D eigenvalue weighted by atomic mass is 10.1. The van der Waals surface area contributed by atoms with Crippen molar-refractivity contribution in [3.05, 3.63) is 29.3 Å². The number of hydrogen-bond acceptors (Lipinski definition) is 4. The number of nitrogens with one attached hydrogen (secondary N) is 1. The fraction of sp³-hybridized carbons (Fsp3) is 0.556. The molecular weight excluding hydrogens is 306 g/mol. The zero-order valence-electron chi connectivity index (χ0n) is 15.0. The van der Waals surface area contributed by atoms with Crippen LogP contribution in [0.3, 0.4) is 0 Å². The van der Waals surface area contributed by atoms with Crippen LogP contribution in [-0.2, 0) is 16.0 Å². The number of amides is 2. The summed E-state index contributed by atoms with van der Waals surface area (Å²) in [5.74, 6) is 0.535. The lowest BCUT2D eigenvalue weighted by Crippen LogP contribution is -2.41. The third-order valence-corrected chi connectivity index (χ3v) is 4.47. The molecule has 1 aliphatic heterocycles. The first kappa shape index (κ1) is 18.3. The topological polar surface area (TPSA) is 61.9 Å². The Morgan fingerprint density at radius 2 is 2.04 bits per heavy atom. The van der Waals surface area contributed by atoms with Gasteiger partial charge in [-0.25, -0.2) is 0 Å². The number of carbonyl (C=O) groups excluding carboxylic acids is 2. The number of methoxy groups -OCH3 is 1. The molecule has 0 radical (unpaired) electrons. The summed E-state index contributed by atoms with van der Waals surface area (Å²) in [6, 6.07) is 5.84. The Balaban J connectivity index is 2.13. The van der Waals surface area contributed by atoms with E-state index in [1.807, 2.05) is 32.2 Å². The summed E-state index contributed by atoms with van der Waals surface area (Å²) >= 11 is 0. The molecule has 0 unspecified atom stereocenters. The van der Waals surface area contributed by atoms with Gasteiger partial charge in [-0.2, -0.15) is 0 Å². The molecule has 1 aromatic carbocycles. The number of hydrogen-bond donors (Lipinski definition) is 1. The molecule has 24 heavy (non-hydrogen) atoms. The number of ether oxygens (including phenoxy) is 1. The summed E-state index contributed by atoms with van der Waals surface area (Å²) in [6.07, 6.45) is 0.287. The molecule has 0 aliphatic carbocycles. The second-order valence-electron chi connectivity index (χ2n) is 6.41. The van der Waals surface area contributed by atoms with Crippen LogP contribution in [0.2, 0.25) is 0 Å². The summed E-state index contributed by atoms with van der Waals surface area (Å²) < 4.78 is 5.36. The van der Waals surface area contributed by atoms with Gasteiger partial charge in [0, 0.05) is 38.8 Å². The second-order valence-corrected chi connectivity index (χ2v) is 6.41. The fourth-order valence-electron chi connectivity index (χ4n) is 3.09. The van der Waals surface area contributed by atoms with E-state index in [1.54, 1.807) is 19.1 Å². The molecular formula is C18H27N3O3. The van der Waals surface area contributed by atoms with Crippen LogP contribution in [0, 0.1) is 12.8 Å². The number of benzene rings is 1. The van der Waals surface area contributed by atoms with Crippen LogP contribution >= 0.6 is 0 Å². The Morgan fingerprint density at radius 3 is 2.71 bits per heavy atom. The minimum Gasteiger partial charge on any atom is -0.496 e. The molecule has 1 saturated heterocycles. The fourth-order valence-corrected chi connectivity index (χ4v) is 3.09. The van der Waals surface area contributed by atoms with Crippen molar-refractivity contribution in [2.24, 2.45) is 5.92 Å². The zero-order chi connectivity index (χ0) is 17.7. The van der Waals surface area contributed by atoms with Crippen molar-refractivity contribution in [2.75, 3.05) is 47.4 Å². The van der Waals surface area contributed by atoms with Crippen LogP contribution in [0.15, 0.2) is 18.2 Å². The predicted octanol–water partition coefficient (Wildman–Crippen LogP) is 0.682. The Morgan fingerprint density at radius 1 is 1.29 bits per heavy atom. The average Bonchev–Trinajstić information content (AvgIpc) is 2.76. The molecule has 1 N–H and O–H groups in total. The highest BCUT2D eigenvalue weighted by Gasteiger charge is 2.28. The van der Waals surface area contributed by atoms with Gasteiger partial charge in [-0.05, 0) is 20.0 Å². The van der Waals surface area contributed by atoms with E-state index in [-0.39, 0.29) is 24.2 Å². The number of rotatable bonds is 4. The Hall–Kier alpha value is -2.08. The van der Waals surface area contributed by atoms with E-state index < -0.39 is 0 Å². The van der Waals surface area contributed by atoms with Crippen LogP contribution in [0.1, 0.15) is 11.1 Å². The zero-order valence-corrected chi connectivity index (χ0v) is 15.0. The molecule has 1 fully saturated rings. The summed E-state index contributed by atoms with van der Waals surface area (Å²) in [7, 11) is 5.23. The summed E-state index contributed by atoms with van der Waals surface area (Å²) in [5, 5.41) is 2.69. The van der Waals surface area contributed by atoms with Crippen molar-refractivity contribution in [3.8, 4) is 5.75 Å². The molecule has 6 heteroatoms. The second kappa shape index (κ2) is 8.15. The Bertz CT molecular complexity index is 603. The van der Waals surface area contributed by atoms with Gasteiger partial charge in [-0.3, -0.25) is 9.59 Å². The third-order valence-electron chi connectivity index (χ3n) is 4.47. The first-order chi connectivity index (χ1) is 11.4. The van der Waals surface area contributed by atoms with Gasteiger partial charge in [0.25, 0.3) is 0 Å². The Kier molecular flexibility index (Phi) is 6.20. The van der Waals surface area contributed by atoms with Crippen molar-refractivity contribution in [2.45, 2.75) is 13.3 Å². The van der Waals surface area contributed by atoms with E-state index in [4.69, 9.17) is 4.74 Å². The lowest BCUT2D eigenvalue weighted by molar-refractivity contribution is -0.132. The van der Waals surface area contributed by atoms with Crippen LogP contribution in [0.25, 0.3) is 0 Å². The minimum absolute atomic E-state index is 0.0188. The van der Waals surface area contributed by atoms with E-state index >= 15 is 0 Å². The molecule has 0 spiro atoms. The summed E-state index contributed by atoms with van der Waals surface area (Å²) in [5.41, 5.74) is 1.98. The Labute approximate surface area is 143 Å². The van der Waals surface area contributed by atoms with Crippen molar-refractivity contribution in [1.29, 1.82) is 0 Å². The molecule has 0 saturated carbocycles. The molecule has 0 aromatic heterocycles. The van der Waals surface area contributed by atoms with Crippen LogP contribution in [-0.4, -0.2) is 69.0 Å². The van der Waals surface area contributed by atoms with Crippen molar-refractivity contribution in [1.82, 2.24) is 15.1 Å². The molecule has 2 amide bonds. The molecule has 6 nitrogen and oxygen atoms in total. The van der Waals surface area contributed by atoms with E-state index in [1.165, 1.54) is 0 Å². The normalized spacial score (nSPS) is 18.8. The summed E-state index contributed by atoms with van der Waals surface area (Å²) in [6.45, 7) is 4.52. The van der Waals surface area contributed by atoms with Gasteiger partial charge in [0.2, 0.25) is 11.8 Å². The van der Waals surface area contributed by atoms with Gasteiger partial charge < -0.3 is 19.9 Å². The van der Waals surface area contributed by atoms with Gasteiger partial charge in [-0.15, -0.1) is 0 Å². The first-order valence-electron chi connectivity index (χ1n) is 8.26. The predicted molar refractivity (Wildman–Crippen MR) is 93.1 cm³/mol. The molecule has 1 aromatic rings. The molecule has 1 aliphatic rings. The van der Waals surface area contributed by atoms with E-state index in [0.717, 1.165) is 23.4 Å². The lowest BCUT2D eigenvalue weighted by Gasteiger charge is -2.24. The standard InChI is InChI=1S/C18H27N3O3/c1-13-5-6-16(24-4)14(9-13)10-17(22)21-8-7-20(3)11-15(12-21)18(23)19-2/h5-6,9,15H,7-8,10-12H2,1-4H3,(H,19,23)/t15-/m0/s1. The highest BCUT2D eigenvalue weighted by Crippen LogP contribution is 2.21. The maximum Gasteiger partial charge on any atom is 0.227 e. The molecule has 0 bridgehead atoms. The van der Waals surface area contributed by atoms with Crippen LogP contribution in [0.4, 0.5) is 0 Å². The van der Waals surface area contributed by atoms with Crippen molar-refractivity contribution >= 4 is 11.8 Å². The number of likely N-dealkylation sites (N-methyl/N-ethyl adjacent to an activating group) is 1. The van der Waals surface area contributed by atoms with Gasteiger partial charge in [0.15, 0.2) is 0 Å². The maximum absolute atomic E-state index is 12.8. The average molecular weight is 333 g/mol. The van der Waals surface area contributed by atoms with Crippen LogP contribution in [0.5, 0.6) is 5.75 Å². The smallest absolute Gasteiger partial charge is 0.227 e. The first-order valence-corrected chi connectivity index (χ1v) is 8.26. The quantitative estimate of drug-likeness (QED) is 0.880. The summed E-state index contributed by atoms with van der Waals surface area (Å²) in [4.78, 5) is 28.7. The van der Waals surface area contributed by atoms with E-state index in [0.29, 0.717) is 19.6 Å². The minimum atomic E-state index is -0.203. The third kappa shape index (κ3) is 4.47. The number of aryl methyl sites for hydroxylation is 1. The largest absolute Gasteiger partial charge is 0.496 e. The molecule has 1 heterocycles. The van der Waals surface area contributed by atoms with Gasteiger partial charge >= 0.3 is 0 Å². The van der Waals surface area contributed by atoms with Gasteiger partial charge in [0.1, 0.15) is 5.75 Å². The number of nitrogens with zero attached hydrogens (tertiary/aromatic N) is 2. The SMILES string of the molecule is CNC(=O)[C@H]1CN(C)CCN(C(=O)Cc2cc(C)ccc2OC)C1. The highest BCUT2D eigenvalue weighted by atomic mass is 16.5. The maximum atomic E-state index is 12.8. The molecule has 1 atom stereocenters. The van der Waals surface area contributed by atoms with Crippen molar-refractivity contribution < 1.29 is 14.3 Å². The van der Waals surface area contributed by atoms with Crippen molar-refractivity contribution in [3.63, 3.8) is 0 Å². The van der Waals surface area contributed by atoms with E-state index in [9.17, 15) is 9.59 Å². The van der Waals surface area contributed by atoms with Gasteiger partial charge in [0.05, 0.1) is 19.4 Å². The molecule has 2 rings (SSSR count). The highest BCUT2D eigenvalue weighted by molar-refractivity contribution is 5.82. The van der Waals surface area contributed by atoms with E-state index in [2.05, 4.69) is 10.2 Å².